The standard InChI is InChI=1S/C7H5BrCl2N2O/c8-3-1-4(9)6(5(10)2-3)12-7(11)13/h1-2H,(H3,11,12,13). The van der Waals surface area contributed by atoms with E-state index in [0.717, 1.165) is 4.47 Å². The minimum Gasteiger partial charge on any atom is -0.351 e. The van der Waals surface area contributed by atoms with Crippen LogP contribution in [0.15, 0.2) is 16.6 Å². The molecule has 1 aromatic rings. The Kier molecular flexibility index (Phi) is 3.41. The SMILES string of the molecule is NC(=O)Nc1c(Cl)cc(Br)cc1Cl. The minimum absolute atomic E-state index is 0.319. The van der Waals surface area contributed by atoms with Crippen molar-refractivity contribution in [3.8, 4) is 0 Å². The molecule has 70 valence electrons. The molecule has 6 heteroatoms. The first-order valence-electron chi connectivity index (χ1n) is 3.21. The van der Waals surface area contributed by atoms with Gasteiger partial charge in [0.05, 0.1) is 15.7 Å². The summed E-state index contributed by atoms with van der Waals surface area (Å²) in [6, 6.07) is 2.52. The van der Waals surface area contributed by atoms with Gasteiger partial charge in [0, 0.05) is 4.47 Å². The van der Waals surface area contributed by atoms with Crippen molar-refractivity contribution in [3.05, 3.63) is 26.7 Å². The average molecular weight is 284 g/mol. The van der Waals surface area contributed by atoms with Crippen LogP contribution in [-0.2, 0) is 0 Å². The van der Waals surface area contributed by atoms with Crippen molar-refractivity contribution >= 4 is 50.9 Å². The van der Waals surface area contributed by atoms with Gasteiger partial charge in [0.2, 0.25) is 0 Å². The van der Waals surface area contributed by atoms with Crippen LogP contribution in [0.25, 0.3) is 0 Å². The Morgan fingerprint density at radius 2 is 1.85 bits per heavy atom. The van der Waals surface area contributed by atoms with Crippen molar-refractivity contribution in [2.24, 2.45) is 5.73 Å². The highest BCUT2D eigenvalue weighted by Crippen LogP contribution is 2.33. The lowest BCUT2D eigenvalue weighted by Crippen LogP contribution is -2.19. The summed E-state index contributed by atoms with van der Waals surface area (Å²) in [6.45, 7) is 0. The number of carbonyl (C=O) groups excluding carboxylic acids is 1. The van der Waals surface area contributed by atoms with E-state index in [1.54, 1.807) is 12.1 Å². The van der Waals surface area contributed by atoms with Crippen LogP contribution in [0.1, 0.15) is 0 Å². The number of amides is 2. The number of primary amides is 1. The Hall–Kier alpha value is -0.450. The topological polar surface area (TPSA) is 55.1 Å². The first kappa shape index (κ1) is 10.6. The Bertz CT molecular complexity index is 333. The monoisotopic (exact) mass is 282 g/mol. The molecule has 13 heavy (non-hydrogen) atoms. The number of nitrogens with one attached hydrogen (secondary N) is 1. The molecule has 0 spiro atoms. The highest BCUT2D eigenvalue weighted by molar-refractivity contribution is 9.10. The van der Waals surface area contributed by atoms with Crippen molar-refractivity contribution in [3.63, 3.8) is 0 Å². The van der Waals surface area contributed by atoms with Crippen LogP contribution in [0.5, 0.6) is 0 Å². The number of hydrogen-bond acceptors (Lipinski definition) is 1. The maximum Gasteiger partial charge on any atom is 0.316 e. The third-order valence-corrected chi connectivity index (χ3v) is 2.31. The van der Waals surface area contributed by atoms with Crippen LogP contribution in [0.2, 0.25) is 10.0 Å². The second-order valence-electron chi connectivity index (χ2n) is 2.23. The lowest BCUT2D eigenvalue weighted by molar-refractivity contribution is 0.259. The van der Waals surface area contributed by atoms with E-state index < -0.39 is 6.03 Å². The van der Waals surface area contributed by atoms with Crippen LogP contribution in [0.3, 0.4) is 0 Å². The van der Waals surface area contributed by atoms with Crippen LogP contribution in [0.4, 0.5) is 10.5 Å². The van der Waals surface area contributed by atoms with Gasteiger partial charge in [0.15, 0.2) is 0 Å². The number of benzene rings is 1. The molecule has 0 saturated heterocycles. The van der Waals surface area contributed by atoms with Gasteiger partial charge in [-0.2, -0.15) is 0 Å². The van der Waals surface area contributed by atoms with Crippen molar-refractivity contribution < 1.29 is 4.79 Å². The van der Waals surface area contributed by atoms with Crippen molar-refractivity contribution in [2.45, 2.75) is 0 Å². The highest BCUT2D eigenvalue weighted by Gasteiger charge is 2.08. The van der Waals surface area contributed by atoms with E-state index in [1.807, 2.05) is 0 Å². The molecule has 3 N–H and O–H groups in total. The van der Waals surface area contributed by atoms with E-state index in [4.69, 9.17) is 28.9 Å². The maximum absolute atomic E-state index is 10.5. The van der Waals surface area contributed by atoms with E-state index in [-0.39, 0.29) is 0 Å². The Morgan fingerprint density at radius 1 is 1.38 bits per heavy atom. The number of halogens is 3. The molecule has 0 aliphatic heterocycles. The maximum atomic E-state index is 10.5. The molecule has 1 rings (SSSR count). The van der Waals surface area contributed by atoms with Crippen LogP contribution < -0.4 is 11.1 Å². The zero-order valence-electron chi connectivity index (χ0n) is 6.27. The quantitative estimate of drug-likeness (QED) is 0.817. The van der Waals surface area contributed by atoms with Crippen LogP contribution in [-0.4, -0.2) is 6.03 Å². The smallest absolute Gasteiger partial charge is 0.316 e. The minimum atomic E-state index is -0.703. The van der Waals surface area contributed by atoms with Crippen molar-refractivity contribution in [2.75, 3.05) is 5.32 Å². The number of rotatable bonds is 1. The predicted octanol–water partition coefficient (Wildman–Crippen LogP) is 3.25. The fraction of sp³-hybridized carbons (Fsp3) is 0. The third-order valence-electron chi connectivity index (χ3n) is 1.26. The Labute approximate surface area is 93.3 Å². The zero-order chi connectivity index (χ0) is 10.0. The Balaban J connectivity index is 3.13. The highest BCUT2D eigenvalue weighted by atomic mass is 79.9. The van der Waals surface area contributed by atoms with E-state index >= 15 is 0 Å². The molecular formula is C7H5BrCl2N2O. The van der Waals surface area contributed by atoms with Crippen molar-refractivity contribution in [1.82, 2.24) is 0 Å². The van der Waals surface area contributed by atoms with Gasteiger partial charge in [-0.05, 0) is 12.1 Å². The van der Waals surface area contributed by atoms with E-state index in [1.165, 1.54) is 0 Å². The summed E-state index contributed by atoms with van der Waals surface area (Å²) in [7, 11) is 0. The number of urea groups is 1. The fourth-order valence-corrected chi connectivity index (χ4v) is 2.09. The molecule has 0 bridgehead atoms. The lowest BCUT2D eigenvalue weighted by atomic mass is 10.3. The number of hydrogen-bond donors (Lipinski definition) is 2. The molecule has 0 heterocycles. The number of anilines is 1. The molecule has 1 aromatic carbocycles. The second kappa shape index (κ2) is 4.17. The van der Waals surface area contributed by atoms with Crippen LogP contribution in [0, 0.1) is 0 Å². The third kappa shape index (κ3) is 2.76. The van der Waals surface area contributed by atoms with Gasteiger partial charge < -0.3 is 11.1 Å². The molecule has 0 aliphatic carbocycles. The van der Waals surface area contributed by atoms with Crippen LogP contribution >= 0.6 is 39.1 Å². The Morgan fingerprint density at radius 3 is 2.23 bits per heavy atom. The van der Waals surface area contributed by atoms with E-state index in [2.05, 4.69) is 21.2 Å². The summed E-state index contributed by atoms with van der Waals surface area (Å²) >= 11 is 14.8. The zero-order valence-corrected chi connectivity index (χ0v) is 9.37. The van der Waals surface area contributed by atoms with Gasteiger partial charge >= 0.3 is 6.03 Å². The first-order chi connectivity index (χ1) is 6.00. The molecule has 0 fully saturated rings. The lowest BCUT2D eigenvalue weighted by Gasteiger charge is -2.07. The molecule has 0 aliphatic rings. The normalized spacial score (nSPS) is 9.77. The van der Waals surface area contributed by atoms with Crippen molar-refractivity contribution in [1.29, 1.82) is 0 Å². The molecule has 2 amide bonds. The fourth-order valence-electron chi connectivity index (χ4n) is 0.785. The largest absolute Gasteiger partial charge is 0.351 e. The molecule has 0 aromatic heterocycles. The number of nitrogens with two attached hydrogens (primary N) is 1. The molecular weight excluding hydrogens is 279 g/mol. The van der Waals surface area contributed by atoms with Gasteiger partial charge in [0.25, 0.3) is 0 Å². The van der Waals surface area contributed by atoms with E-state index in [9.17, 15) is 4.79 Å². The molecule has 0 atom stereocenters. The molecule has 0 radical (unpaired) electrons. The van der Waals surface area contributed by atoms with E-state index in [0.29, 0.717) is 15.7 Å². The summed E-state index contributed by atoms with van der Waals surface area (Å²) in [5.41, 5.74) is 5.24. The van der Waals surface area contributed by atoms with Gasteiger partial charge in [-0.3, -0.25) is 0 Å². The number of carbonyl (C=O) groups is 1. The molecule has 0 saturated carbocycles. The summed E-state index contributed by atoms with van der Waals surface area (Å²) in [5.74, 6) is 0. The summed E-state index contributed by atoms with van der Waals surface area (Å²) in [6.07, 6.45) is 0. The molecule has 3 nitrogen and oxygen atoms in total. The van der Waals surface area contributed by atoms with Gasteiger partial charge in [-0.25, -0.2) is 4.79 Å². The predicted molar refractivity (Wildman–Crippen MR) is 57.4 cm³/mol. The molecule has 0 unspecified atom stereocenters. The van der Waals surface area contributed by atoms with Gasteiger partial charge in [-0.1, -0.05) is 39.1 Å². The summed E-state index contributed by atoms with van der Waals surface area (Å²) < 4.78 is 0.734. The summed E-state index contributed by atoms with van der Waals surface area (Å²) in [5, 5.41) is 2.99. The van der Waals surface area contributed by atoms with Gasteiger partial charge in [0.1, 0.15) is 0 Å². The van der Waals surface area contributed by atoms with Gasteiger partial charge in [-0.15, -0.1) is 0 Å². The summed E-state index contributed by atoms with van der Waals surface area (Å²) in [4.78, 5) is 10.5. The first-order valence-corrected chi connectivity index (χ1v) is 4.76. The average Bonchev–Trinajstić information content (AvgIpc) is 1.96. The second-order valence-corrected chi connectivity index (χ2v) is 3.96.